The van der Waals surface area contributed by atoms with Crippen LogP contribution in [0.15, 0.2) is 29.2 Å². The van der Waals surface area contributed by atoms with E-state index in [0.29, 0.717) is 12.2 Å². The molecule has 0 radical (unpaired) electrons. The van der Waals surface area contributed by atoms with Crippen molar-refractivity contribution in [2.24, 2.45) is 0 Å². The largest absolute Gasteiger partial charge is 0.480 e. The summed E-state index contributed by atoms with van der Waals surface area (Å²) in [6.45, 7) is 1.86. The van der Waals surface area contributed by atoms with Gasteiger partial charge < -0.3 is 5.11 Å². The van der Waals surface area contributed by atoms with Crippen molar-refractivity contribution in [2.45, 2.75) is 23.8 Å². The molecule has 19 heavy (non-hydrogen) atoms. The Balaban J connectivity index is 2.30. The highest BCUT2D eigenvalue weighted by Gasteiger charge is 2.45. The van der Waals surface area contributed by atoms with Gasteiger partial charge in [0.15, 0.2) is 0 Å². The highest BCUT2D eigenvalue weighted by molar-refractivity contribution is 7.99. The van der Waals surface area contributed by atoms with Gasteiger partial charge in [-0.2, -0.15) is 16.5 Å². The molecule has 1 unspecified atom stereocenters. The Morgan fingerprint density at radius 3 is 2.47 bits per heavy atom. The number of nitrogens with one attached hydrogen (secondary N) is 1. The minimum atomic E-state index is -3.81. The summed E-state index contributed by atoms with van der Waals surface area (Å²) in [6, 6.07) is 6.33. The molecule has 2 rings (SSSR count). The average Bonchev–Trinajstić information content (AvgIpc) is 2.78. The maximum absolute atomic E-state index is 12.2. The number of carboxylic acids is 1. The second-order valence-electron chi connectivity index (χ2n) is 4.61. The van der Waals surface area contributed by atoms with Crippen LogP contribution in [0.3, 0.4) is 0 Å². The smallest absolute Gasteiger partial charge is 0.325 e. The van der Waals surface area contributed by atoms with Crippen molar-refractivity contribution in [3.05, 3.63) is 29.8 Å². The molecule has 0 aliphatic carbocycles. The highest BCUT2D eigenvalue weighted by Crippen LogP contribution is 2.30. The van der Waals surface area contributed by atoms with Gasteiger partial charge in [0.2, 0.25) is 10.0 Å². The molecule has 0 bridgehead atoms. The molecule has 104 valence electrons. The van der Waals surface area contributed by atoms with Gasteiger partial charge in [-0.05, 0) is 31.2 Å². The molecule has 1 aromatic rings. The Morgan fingerprint density at radius 1 is 1.37 bits per heavy atom. The van der Waals surface area contributed by atoms with E-state index in [2.05, 4.69) is 4.72 Å². The topological polar surface area (TPSA) is 83.5 Å². The number of benzene rings is 1. The number of rotatable bonds is 4. The Labute approximate surface area is 116 Å². The summed E-state index contributed by atoms with van der Waals surface area (Å²) in [7, 11) is -3.81. The zero-order valence-corrected chi connectivity index (χ0v) is 12.1. The molecule has 1 aliphatic heterocycles. The van der Waals surface area contributed by atoms with E-state index in [1.165, 1.54) is 23.9 Å². The zero-order valence-electron chi connectivity index (χ0n) is 10.4. The number of aryl methyl sites for hydroxylation is 1. The fourth-order valence-corrected chi connectivity index (χ4v) is 4.70. The van der Waals surface area contributed by atoms with Crippen molar-refractivity contribution < 1.29 is 18.3 Å². The molecule has 1 atom stereocenters. The fourth-order valence-electron chi connectivity index (χ4n) is 1.89. The van der Waals surface area contributed by atoms with Crippen LogP contribution in [0, 0.1) is 6.92 Å². The van der Waals surface area contributed by atoms with E-state index in [1.54, 1.807) is 12.1 Å². The summed E-state index contributed by atoms with van der Waals surface area (Å²) in [5.74, 6) is -0.218. The molecule has 0 saturated carbocycles. The summed E-state index contributed by atoms with van der Waals surface area (Å²) in [4.78, 5) is 11.4. The SMILES string of the molecule is Cc1ccc(S(=O)(=O)NC2(C(=O)O)CCSC2)cc1. The summed E-state index contributed by atoms with van der Waals surface area (Å²) in [5.41, 5.74) is -0.433. The molecular formula is C12H15NO4S2. The van der Waals surface area contributed by atoms with Gasteiger partial charge in [-0.3, -0.25) is 4.79 Å². The van der Waals surface area contributed by atoms with E-state index >= 15 is 0 Å². The first-order chi connectivity index (χ1) is 8.86. The number of carboxylic acid groups (broad SMARTS) is 1. The number of aliphatic carboxylic acids is 1. The Morgan fingerprint density at radius 2 is 2.00 bits per heavy atom. The predicted octanol–water partition coefficient (Wildman–Crippen LogP) is 1.23. The molecule has 0 spiro atoms. The van der Waals surface area contributed by atoms with Gasteiger partial charge in [0.25, 0.3) is 0 Å². The summed E-state index contributed by atoms with van der Waals surface area (Å²) >= 11 is 1.44. The van der Waals surface area contributed by atoms with E-state index in [-0.39, 0.29) is 10.6 Å². The number of hydrogen-bond donors (Lipinski definition) is 2. The van der Waals surface area contributed by atoms with Crippen molar-refractivity contribution >= 4 is 27.8 Å². The van der Waals surface area contributed by atoms with Crippen LogP contribution in [0.4, 0.5) is 0 Å². The lowest BCUT2D eigenvalue weighted by Crippen LogP contribution is -2.54. The van der Waals surface area contributed by atoms with E-state index in [0.717, 1.165) is 5.56 Å². The molecule has 1 heterocycles. The second-order valence-corrected chi connectivity index (χ2v) is 7.40. The number of sulfonamides is 1. The van der Waals surface area contributed by atoms with Gasteiger partial charge in [-0.1, -0.05) is 17.7 Å². The van der Waals surface area contributed by atoms with Crippen molar-refractivity contribution in [3.8, 4) is 0 Å². The number of hydrogen-bond acceptors (Lipinski definition) is 4. The van der Waals surface area contributed by atoms with E-state index < -0.39 is 21.5 Å². The van der Waals surface area contributed by atoms with E-state index in [1.807, 2.05) is 6.92 Å². The van der Waals surface area contributed by atoms with Gasteiger partial charge in [-0.25, -0.2) is 8.42 Å². The zero-order chi connectivity index (χ0) is 14.1. The maximum Gasteiger partial charge on any atom is 0.325 e. The molecule has 7 heteroatoms. The first-order valence-electron chi connectivity index (χ1n) is 5.78. The van der Waals surface area contributed by atoms with Crippen LogP contribution >= 0.6 is 11.8 Å². The quantitative estimate of drug-likeness (QED) is 0.874. The van der Waals surface area contributed by atoms with Crippen molar-refractivity contribution in [2.75, 3.05) is 11.5 Å². The number of carbonyl (C=O) groups is 1. The third-order valence-electron chi connectivity index (χ3n) is 3.09. The molecule has 0 amide bonds. The van der Waals surface area contributed by atoms with Crippen molar-refractivity contribution in [3.63, 3.8) is 0 Å². The normalized spacial score (nSPS) is 23.4. The third-order valence-corrected chi connectivity index (χ3v) is 5.83. The standard InChI is InChI=1S/C12H15NO4S2/c1-9-2-4-10(5-3-9)19(16,17)13-12(11(14)15)6-7-18-8-12/h2-5,13H,6-8H2,1H3,(H,14,15). The fraction of sp³-hybridized carbons (Fsp3) is 0.417. The van der Waals surface area contributed by atoms with Crippen LogP contribution in [-0.2, 0) is 14.8 Å². The molecule has 1 aromatic carbocycles. The number of thioether (sulfide) groups is 1. The Kier molecular flexibility index (Phi) is 3.89. The third kappa shape index (κ3) is 2.93. The second kappa shape index (κ2) is 5.15. The van der Waals surface area contributed by atoms with Crippen LogP contribution in [0.1, 0.15) is 12.0 Å². The van der Waals surface area contributed by atoms with Gasteiger partial charge in [0.1, 0.15) is 5.54 Å². The van der Waals surface area contributed by atoms with E-state index in [9.17, 15) is 18.3 Å². The molecule has 2 N–H and O–H groups in total. The lowest BCUT2D eigenvalue weighted by molar-refractivity contribution is -0.142. The molecule has 5 nitrogen and oxygen atoms in total. The first-order valence-corrected chi connectivity index (χ1v) is 8.41. The first kappa shape index (κ1) is 14.4. The van der Waals surface area contributed by atoms with Crippen LogP contribution in [0.25, 0.3) is 0 Å². The van der Waals surface area contributed by atoms with Crippen LogP contribution in [0.5, 0.6) is 0 Å². The Bertz CT molecular complexity index is 574. The van der Waals surface area contributed by atoms with Gasteiger partial charge in [-0.15, -0.1) is 0 Å². The van der Waals surface area contributed by atoms with Gasteiger partial charge in [0, 0.05) is 5.75 Å². The van der Waals surface area contributed by atoms with Gasteiger partial charge >= 0.3 is 5.97 Å². The highest BCUT2D eigenvalue weighted by atomic mass is 32.2. The predicted molar refractivity (Wildman–Crippen MR) is 73.8 cm³/mol. The van der Waals surface area contributed by atoms with Crippen LogP contribution in [-0.4, -0.2) is 36.5 Å². The molecule has 0 aromatic heterocycles. The summed E-state index contributed by atoms with van der Waals surface area (Å²) < 4.78 is 26.8. The van der Waals surface area contributed by atoms with Crippen molar-refractivity contribution in [1.82, 2.24) is 4.72 Å². The monoisotopic (exact) mass is 301 g/mol. The lowest BCUT2D eigenvalue weighted by Gasteiger charge is -2.24. The van der Waals surface area contributed by atoms with Crippen molar-refractivity contribution in [1.29, 1.82) is 0 Å². The summed E-state index contributed by atoms with van der Waals surface area (Å²) in [5, 5.41) is 9.28. The lowest BCUT2D eigenvalue weighted by atomic mass is 10.0. The minimum absolute atomic E-state index is 0.0932. The molecular weight excluding hydrogens is 286 g/mol. The maximum atomic E-state index is 12.2. The molecule has 1 fully saturated rings. The molecule has 1 saturated heterocycles. The minimum Gasteiger partial charge on any atom is -0.480 e. The Hall–Kier alpha value is -1.05. The summed E-state index contributed by atoms with van der Waals surface area (Å²) in [6.07, 6.45) is 0.304. The van der Waals surface area contributed by atoms with Crippen LogP contribution < -0.4 is 4.72 Å². The van der Waals surface area contributed by atoms with Crippen LogP contribution in [0.2, 0.25) is 0 Å². The van der Waals surface area contributed by atoms with Gasteiger partial charge in [0.05, 0.1) is 4.90 Å². The molecule has 1 aliphatic rings. The van der Waals surface area contributed by atoms with E-state index in [4.69, 9.17) is 0 Å². The average molecular weight is 301 g/mol.